The number of hydrogen-bond donors (Lipinski definition) is 6. The number of esters is 1. The highest BCUT2D eigenvalue weighted by molar-refractivity contribution is 5.97. The number of allylic oxidation sites excluding steroid dienone is 1. The molecule has 0 saturated carbocycles. The SMILES string of the molecule is CCCCCC[C@H]1OC(=O)CNC(=O)[C@H]([C@H](C)O)NC(=O)[C@H]([C@H](C)O)NC(=O)[C@H]([C@H](C)CC)NC(=O)[C@H](C=C(C)C)N(C)C(=O)[C@@H]1C. The molecule has 0 aromatic carbocycles. The zero-order valence-corrected chi connectivity index (χ0v) is 29.4. The summed E-state index contributed by atoms with van der Waals surface area (Å²) in [6.07, 6.45) is 2.13. The Morgan fingerprint density at radius 2 is 1.38 bits per heavy atom. The van der Waals surface area contributed by atoms with E-state index in [9.17, 15) is 39.0 Å². The number of carbonyl (C=O) groups is 6. The fourth-order valence-electron chi connectivity index (χ4n) is 5.20. The molecule has 0 aromatic heterocycles. The molecule has 47 heavy (non-hydrogen) atoms. The third kappa shape index (κ3) is 12.9. The zero-order chi connectivity index (χ0) is 36.0. The molecule has 9 atom stereocenters. The summed E-state index contributed by atoms with van der Waals surface area (Å²) >= 11 is 0. The van der Waals surface area contributed by atoms with Crippen LogP contribution in [0.5, 0.6) is 0 Å². The van der Waals surface area contributed by atoms with Gasteiger partial charge in [-0.05, 0) is 46.5 Å². The molecule has 1 aliphatic rings. The van der Waals surface area contributed by atoms with Gasteiger partial charge in [0.15, 0.2) is 0 Å². The Morgan fingerprint density at radius 3 is 1.89 bits per heavy atom. The third-order valence-corrected chi connectivity index (χ3v) is 8.42. The number of ether oxygens (including phenoxy) is 1. The first-order chi connectivity index (χ1) is 22.0. The van der Waals surface area contributed by atoms with Crippen LogP contribution in [-0.2, 0) is 33.5 Å². The van der Waals surface area contributed by atoms with Crippen molar-refractivity contribution in [2.24, 2.45) is 11.8 Å². The van der Waals surface area contributed by atoms with Crippen LogP contribution in [0.15, 0.2) is 11.6 Å². The molecule has 14 nitrogen and oxygen atoms in total. The van der Waals surface area contributed by atoms with Crippen molar-refractivity contribution < 1.29 is 43.7 Å². The van der Waals surface area contributed by atoms with Crippen molar-refractivity contribution in [2.75, 3.05) is 13.6 Å². The summed E-state index contributed by atoms with van der Waals surface area (Å²) in [6, 6.07) is -5.42. The fourth-order valence-corrected chi connectivity index (χ4v) is 5.20. The Morgan fingerprint density at radius 1 is 0.851 bits per heavy atom. The number of unbranched alkanes of at least 4 members (excludes halogenated alkanes) is 3. The number of amides is 5. The van der Waals surface area contributed by atoms with E-state index in [1.165, 1.54) is 25.8 Å². The predicted octanol–water partition coefficient (Wildman–Crippen LogP) is 0.690. The Hall–Kier alpha value is -3.52. The molecule has 0 bridgehead atoms. The van der Waals surface area contributed by atoms with Crippen LogP contribution in [0, 0.1) is 11.8 Å². The number of hydrogen-bond acceptors (Lipinski definition) is 9. The Balaban J connectivity index is 3.70. The van der Waals surface area contributed by atoms with E-state index in [-0.39, 0.29) is 0 Å². The third-order valence-electron chi connectivity index (χ3n) is 8.42. The number of likely N-dealkylation sites (N-methyl/N-ethyl adjacent to an activating group) is 1. The van der Waals surface area contributed by atoms with Crippen LogP contribution in [-0.4, -0.2) is 107 Å². The van der Waals surface area contributed by atoms with E-state index in [0.717, 1.165) is 24.8 Å². The van der Waals surface area contributed by atoms with Gasteiger partial charge in [-0.1, -0.05) is 65.0 Å². The molecular formula is C33H57N5O9. The molecule has 1 rings (SSSR count). The molecule has 0 aromatic rings. The molecule has 1 saturated heterocycles. The minimum atomic E-state index is -1.57. The average molecular weight is 668 g/mol. The number of nitrogens with zero attached hydrogens (tertiary/aromatic N) is 1. The number of rotatable bonds is 10. The molecule has 0 unspecified atom stereocenters. The first-order valence-corrected chi connectivity index (χ1v) is 16.6. The summed E-state index contributed by atoms with van der Waals surface area (Å²) in [7, 11) is 1.46. The van der Waals surface area contributed by atoms with Gasteiger partial charge in [0.05, 0.1) is 18.1 Å². The van der Waals surface area contributed by atoms with Gasteiger partial charge in [-0.15, -0.1) is 0 Å². The Bertz CT molecular complexity index is 1120. The smallest absolute Gasteiger partial charge is 0.325 e. The van der Waals surface area contributed by atoms with Gasteiger partial charge in [0.1, 0.15) is 36.8 Å². The first kappa shape index (κ1) is 41.5. The van der Waals surface area contributed by atoms with E-state index in [4.69, 9.17) is 4.74 Å². The number of aliphatic hydroxyl groups excluding tert-OH is 2. The fraction of sp³-hybridized carbons (Fsp3) is 0.758. The maximum atomic E-state index is 13.9. The van der Waals surface area contributed by atoms with Crippen LogP contribution in [0.4, 0.5) is 0 Å². The topological polar surface area (TPSA) is 203 Å². The second kappa shape index (κ2) is 20.0. The molecule has 0 spiro atoms. The van der Waals surface area contributed by atoms with Gasteiger partial charge in [0.2, 0.25) is 29.5 Å². The van der Waals surface area contributed by atoms with Crippen molar-refractivity contribution in [1.29, 1.82) is 0 Å². The predicted molar refractivity (Wildman–Crippen MR) is 175 cm³/mol. The number of aliphatic hydroxyl groups is 2. The lowest BCUT2D eigenvalue weighted by molar-refractivity contribution is -0.157. The highest BCUT2D eigenvalue weighted by Gasteiger charge is 2.38. The monoisotopic (exact) mass is 667 g/mol. The largest absolute Gasteiger partial charge is 0.460 e. The van der Waals surface area contributed by atoms with Gasteiger partial charge in [-0.3, -0.25) is 28.8 Å². The lowest BCUT2D eigenvalue weighted by atomic mass is 9.95. The second-order valence-corrected chi connectivity index (χ2v) is 12.8. The van der Waals surface area contributed by atoms with Crippen molar-refractivity contribution in [3.63, 3.8) is 0 Å². The number of carbonyl (C=O) groups excluding carboxylic acids is 6. The number of nitrogens with one attached hydrogen (secondary N) is 4. The van der Waals surface area contributed by atoms with Crippen molar-refractivity contribution in [3.8, 4) is 0 Å². The molecule has 1 aliphatic heterocycles. The summed E-state index contributed by atoms with van der Waals surface area (Å²) in [5, 5.41) is 30.6. The highest BCUT2D eigenvalue weighted by atomic mass is 16.5. The van der Waals surface area contributed by atoms with E-state index >= 15 is 0 Å². The minimum absolute atomic E-state index is 0.364. The molecule has 1 fully saturated rings. The van der Waals surface area contributed by atoms with E-state index in [1.54, 1.807) is 33.8 Å². The summed E-state index contributed by atoms with van der Waals surface area (Å²) in [6.45, 7) is 12.6. The standard InChI is InChI=1S/C33H57N5O9/c1-10-12-13-14-15-24-20(6)33(46)38(9)23(16-18(3)4)29(42)35-26(19(5)11-2)31(44)37-28(22(8)40)32(45)36-27(21(7)39)30(43)34-17-25(41)47-24/h16,19-24,26-28,39-40H,10-15,17H2,1-9H3,(H,34,43)(H,35,42)(H,36,45)(H,37,44)/t19-,20-,21+,22+,23+,24-,26+,27+,28+/m1/s1. The second-order valence-electron chi connectivity index (χ2n) is 12.8. The molecular weight excluding hydrogens is 610 g/mol. The Kier molecular flexibility index (Phi) is 17.6. The van der Waals surface area contributed by atoms with Gasteiger partial charge in [-0.2, -0.15) is 0 Å². The lowest BCUT2D eigenvalue weighted by Gasteiger charge is -2.33. The molecule has 1 heterocycles. The van der Waals surface area contributed by atoms with E-state index in [1.807, 2.05) is 6.92 Å². The molecule has 14 heteroatoms. The maximum absolute atomic E-state index is 13.9. The zero-order valence-electron chi connectivity index (χ0n) is 29.4. The van der Waals surface area contributed by atoms with Gasteiger partial charge >= 0.3 is 5.97 Å². The van der Waals surface area contributed by atoms with Gasteiger partial charge in [0.25, 0.3) is 0 Å². The lowest BCUT2D eigenvalue weighted by Crippen LogP contribution is -2.62. The summed E-state index contributed by atoms with van der Waals surface area (Å²) < 4.78 is 5.71. The van der Waals surface area contributed by atoms with Gasteiger partial charge in [0, 0.05) is 7.05 Å². The van der Waals surface area contributed by atoms with Crippen molar-refractivity contribution in [2.45, 2.75) is 136 Å². The minimum Gasteiger partial charge on any atom is -0.460 e. The van der Waals surface area contributed by atoms with Gasteiger partial charge < -0.3 is 41.1 Å². The van der Waals surface area contributed by atoms with Crippen LogP contribution in [0.3, 0.4) is 0 Å². The average Bonchev–Trinajstić information content (AvgIpc) is 3.01. The molecule has 0 aliphatic carbocycles. The van der Waals surface area contributed by atoms with Crippen LogP contribution < -0.4 is 21.3 Å². The molecule has 268 valence electrons. The van der Waals surface area contributed by atoms with E-state index in [0.29, 0.717) is 19.3 Å². The molecule has 0 radical (unpaired) electrons. The normalized spacial score (nSPS) is 27.9. The Labute approximate surface area is 278 Å². The summed E-state index contributed by atoms with van der Waals surface area (Å²) in [5.41, 5.74) is 0.733. The maximum Gasteiger partial charge on any atom is 0.325 e. The van der Waals surface area contributed by atoms with Gasteiger partial charge in [-0.25, -0.2) is 0 Å². The van der Waals surface area contributed by atoms with Crippen molar-refractivity contribution in [1.82, 2.24) is 26.2 Å². The van der Waals surface area contributed by atoms with Crippen molar-refractivity contribution in [3.05, 3.63) is 11.6 Å². The molecule has 5 amide bonds. The van der Waals surface area contributed by atoms with Crippen LogP contribution in [0.2, 0.25) is 0 Å². The van der Waals surface area contributed by atoms with E-state index < -0.39 is 96.4 Å². The number of cyclic esters (lactones) is 1. The summed E-state index contributed by atoms with van der Waals surface area (Å²) in [4.78, 5) is 81.7. The van der Waals surface area contributed by atoms with Crippen LogP contribution in [0.25, 0.3) is 0 Å². The van der Waals surface area contributed by atoms with Crippen LogP contribution >= 0.6 is 0 Å². The summed E-state index contributed by atoms with van der Waals surface area (Å²) in [5.74, 6) is -5.90. The van der Waals surface area contributed by atoms with Crippen LogP contribution in [0.1, 0.15) is 93.9 Å². The van der Waals surface area contributed by atoms with Crippen molar-refractivity contribution >= 4 is 35.5 Å². The highest BCUT2D eigenvalue weighted by Crippen LogP contribution is 2.21. The first-order valence-electron chi connectivity index (χ1n) is 16.6. The van der Waals surface area contributed by atoms with E-state index in [2.05, 4.69) is 28.2 Å². The molecule has 6 N–H and O–H groups in total. The quantitative estimate of drug-likeness (QED) is 0.110.